The predicted octanol–water partition coefficient (Wildman–Crippen LogP) is 3.86. The maximum atomic E-state index is 13.3. The van der Waals surface area contributed by atoms with E-state index in [9.17, 15) is 4.79 Å². The van der Waals surface area contributed by atoms with Gasteiger partial charge < -0.3 is 9.47 Å². The quantitative estimate of drug-likeness (QED) is 0.719. The number of carbonyl (C=O) groups is 1. The fraction of sp³-hybridized carbons (Fsp3) is 0.381. The molecule has 4 rings (SSSR count). The Bertz CT molecular complexity index is 940. The van der Waals surface area contributed by atoms with Gasteiger partial charge in [-0.15, -0.1) is 0 Å². The largest absolute Gasteiger partial charge is 0.331 e. The first-order valence-corrected chi connectivity index (χ1v) is 9.26. The van der Waals surface area contributed by atoms with E-state index in [4.69, 9.17) is 0 Å². The van der Waals surface area contributed by atoms with Crippen molar-refractivity contribution in [3.05, 3.63) is 59.5 Å². The van der Waals surface area contributed by atoms with Crippen LogP contribution >= 0.6 is 0 Å². The third-order valence-electron chi connectivity index (χ3n) is 5.43. The summed E-state index contributed by atoms with van der Waals surface area (Å²) in [7, 11) is 1.91. The molecule has 1 amide bonds. The summed E-state index contributed by atoms with van der Waals surface area (Å²) in [5.41, 5.74) is 4.62. The standard InChI is InChI=1S/C21H24N4O/c1-15-7-3-4-8-16(15)13-25(18-9-5-6-10-18)21(26)17-11-19-20(22-12-17)24(2)14-23-19/h3-4,7-8,11-12,14,18H,5-6,9-10,13H2,1-2H3. The van der Waals surface area contributed by atoms with Crippen LogP contribution in [0.1, 0.15) is 47.2 Å². The van der Waals surface area contributed by atoms with Crippen molar-refractivity contribution in [1.82, 2.24) is 19.4 Å². The van der Waals surface area contributed by atoms with E-state index < -0.39 is 0 Å². The summed E-state index contributed by atoms with van der Waals surface area (Å²) in [6, 6.07) is 10.5. The fourth-order valence-corrected chi connectivity index (χ4v) is 3.85. The lowest BCUT2D eigenvalue weighted by Gasteiger charge is -2.29. The zero-order valence-corrected chi connectivity index (χ0v) is 15.4. The molecule has 2 heterocycles. The van der Waals surface area contributed by atoms with Gasteiger partial charge in [-0.2, -0.15) is 0 Å². The van der Waals surface area contributed by atoms with E-state index >= 15 is 0 Å². The summed E-state index contributed by atoms with van der Waals surface area (Å²) in [5.74, 6) is 0.0557. The zero-order chi connectivity index (χ0) is 18.1. The first kappa shape index (κ1) is 16.8. The number of amides is 1. The number of aryl methyl sites for hydroxylation is 2. The van der Waals surface area contributed by atoms with Gasteiger partial charge in [0.05, 0.1) is 11.9 Å². The predicted molar refractivity (Wildman–Crippen MR) is 102 cm³/mol. The Balaban J connectivity index is 1.67. The molecule has 1 aromatic carbocycles. The summed E-state index contributed by atoms with van der Waals surface area (Å²) < 4.78 is 1.87. The molecule has 1 aliphatic rings. The van der Waals surface area contributed by atoms with Crippen LogP contribution in [0.4, 0.5) is 0 Å². The van der Waals surface area contributed by atoms with Crippen molar-refractivity contribution in [3.8, 4) is 0 Å². The lowest BCUT2D eigenvalue weighted by atomic mass is 10.1. The second kappa shape index (κ2) is 6.90. The van der Waals surface area contributed by atoms with Gasteiger partial charge in [0.15, 0.2) is 5.65 Å². The SMILES string of the molecule is Cc1ccccc1CN(C(=O)c1cnc2c(c1)ncn2C)C1CCCC1. The molecule has 0 bridgehead atoms. The summed E-state index contributed by atoms with van der Waals surface area (Å²) >= 11 is 0. The van der Waals surface area contributed by atoms with Crippen LogP contribution < -0.4 is 0 Å². The smallest absolute Gasteiger partial charge is 0.256 e. The van der Waals surface area contributed by atoms with Gasteiger partial charge >= 0.3 is 0 Å². The first-order chi connectivity index (χ1) is 12.6. The lowest BCUT2D eigenvalue weighted by molar-refractivity contribution is 0.0664. The Morgan fingerprint density at radius 3 is 2.77 bits per heavy atom. The Hall–Kier alpha value is -2.69. The number of carbonyl (C=O) groups excluding carboxylic acids is 1. The van der Waals surface area contributed by atoms with Gasteiger partial charge in [-0.1, -0.05) is 37.1 Å². The molecule has 0 radical (unpaired) electrons. The van der Waals surface area contributed by atoms with Crippen molar-refractivity contribution in [2.45, 2.75) is 45.2 Å². The molecule has 0 atom stereocenters. The number of hydrogen-bond donors (Lipinski definition) is 0. The molecule has 1 saturated carbocycles. The van der Waals surface area contributed by atoms with E-state index in [0.29, 0.717) is 18.2 Å². The molecule has 134 valence electrons. The number of pyridine rings is 1. The molecule has 3 aromatic rings. The molecule has 26 heavy (non-hydrogen) atoms. The van der Waals surface area contributed by atoms with Gasteiger partial charge in [-0.3, -0.25) is 4.79 Å². The molecule has 0 N–H and O–H groups in total. The van der Waals surface area contributed by atoms with Crippen molar-refractivity contribution in [2.75, 3.05) is 0 Å². The monoisotopic (exact) mass is 348 g/mol. The molecule has 1 fully saturated rings. The van der Waals surface area contributed by atoms with Crippen LogP contribution in [0.15, 0.2) is 42.9 Å². The number of nitrogens with zero attached hydrogens (tertiary/aromatic N) is 4. The van der Waals surface area contributed by atoms with Crippen LogP contribution in [0.25, 0.3) is 11.2 Å². The molecule has 5 nitrogen and oxygen atoms in total. The number of benzene rings is 1. The highest BCUT2D eigenvalue weighted by molar-refractivity contribution is 5.96. The molecule has 0 spiro atoms. The van der Waals surface area contributed by atoms with Gasteiger partial charge in [0.25, 0.3) is 5.91 Å². The Morgan fingerprint density at radius 1 is 1.23 bits per heavy atom. The van der Waals surface area contributed by atoms with Crippen molar-refractivity contribution >= 4 is 17.1 Å². The van der Waals surface area contributed by atoms with E-state index in [2.05, 4.69) is 29.0 Å². The van der Waals surface area contributed by atoms with E-state index in [0.717, 1.165) is 24.0 Å². The van der Waals surface area contributed by atoms with E-state index in [1.807, 2.05) is 34.7 Å². The van der Waals surface area contributed by atoms with Crippen molar-refractivity contribution in [3.63, 3.8) is 0 Å². The van der Waals surface area contributed by atoms with Gasteiger partial charge in [0.1, 0.15) is 5.52 Å². The molecule has 0 unspecified atom stereocenters. The van der Waals surface area contributed by atoms with E-state index in [-0.39, 0.29) is 5.91 Å². The van der Waals surface area contributed by atoms with Gasteiger partial charge in [-0.05, 0) is 37.0 Å². The van der Waals surface area contributed by atoms with Gasteiger partial charge in [0, 0.05) is 25.8 Å². The minimum Gasteiger partial charge on any atom is -0.331 e. The van der Waals surface area contributed by atoms with Crippen LogP contribution in [-0.4, -0.2) is 31.4 Å². The number of rotatable bonds is 4. The first-order valence-electron chi connectivity index (χ1n) is 9.26. The molecular formula is C21H24N4O. The van der Waals surface area contributed by atoms with Crippen molar-refractivity contribution < 1.29 is 4.79 Å². The summed E-state index contributed by atoms with van der Waals surface area (Å²) in [5, 5.41) is 0. The molecule has 2 aromatic heterocycles. The number of aromatic nitrogens is 3. The van der Waals surface area contributed by atoms with Crippen LogP contribution in [0.2, 0.25) is 0 Å². The summed E-state index contributed by atoms with van der Waals surface area (Å²) in [4.78, 5) is 24.2. The van der Waals surface area contributed by atoms with Crippen LogP contribution in [-0.2, 0) is 13.6 Å². The van der Waals surface area contributed by atoms with Crippen molar-refractivity contribution in [1.29, 1.82) is 0 Å². The summed E-state index contributed by atoms with van der Waals surface area (Å²) in [6.07, 6.45) is 7.97. The van der Waals surface area contributed by atoms with Crippen LogP contribution in [0.3, 0.4) is 0 Å². The lowest BCUT2D eigenvalue weighted by Crippen LogP contribution is -2.38. The van der Waals surface area contributed by atoms with Gasteiger partial charge in [0.2, 0.25) is 0 Å². The van der Waals surface area contributed by atoms with Crippen LogP contribution in [0.5, 0.6) is 0 Å². The van der Waals surface area contributed by atoms with E-state index in [1.54, 1.807) is 12.5 Å². The topological polar surface area (TPSA) is 51.0 Å². The number of imidazole rings is 1. The highest BCUT2D eigenvalue weighted by atomic mass is 16.2. The molecular weight excluding hydrogens is 324 g/mol. The average molecular weight is 348 g/mol. The second-order valence-corrected chi connectivity index (χ2v) is 7.22. The van der Waals surface area contributed by atoms with E-state index in [1.165, 1.54) is 24.0 Å². The molecule has 0 aliphatic heterocycles. The highest BCUT2D eigenvalue weighted by Crippen LogP contribution is 2.27. The number of hydrogen-bond acceptors (Lipinski definition) is 3. The Morgan fingerprint density at radius 2 is 2.00 bits per heavy atom. The minimum absolute atomic E-state index is 0.0557. The van der Waals surface area contributed by atoms with Crippen molar-refractivity contribution in [2.24, 2.45) is 7.05 Å². The fourth-order valence-electron chi connectivity index (χ4n) is 3.85. The molecule has 5 heteroatoms. The Kier molecular flexibility index (Phi) is 4.45. The maximum Gasteiger partial charge on any atom is 0.256 e. The van der Waals surface area contributed by atoms with Crippen LogP contribution in [0, 0.1) is 6.92 Å². The van der Waals surface area contributed by atoms with Gasteiger partial charge in [-0.25, -0.2) is 9.97 Å². The minimum atomic E-state index is 0.0557. The number of fused-ring (bicyclic) bond motifs is 1. The third kappa shape index (κ3) is 3.09. The maximum absolute atomic E-state index is 13.3. The summed E-state index contributed by atoms with van der Waals surface area (Å²) in [6.45, 7) is 2.75. The zero-order valence-electron chi connectivity index (χ0n) is 15.4. The molecule has 1 aliphatic carbocycles. The third-order valence-corrected chi connectivity index (χ3v) is 5.43. The normalized spacial score (nSPS) is 14.8. The second-order valence-electron chi connectivity index (χ2n) is 7.22. The Labute approximate surface area is 153 Å². The highest BCUT2D eigenvalue weighted by Gasteiger charge is 2.28. The molecule has 0 saturated heterocycles. The average Bonchev–Trinajstić information content (AvgIpc) is 3.31.